The van der Waals surface area contributed by atoms with E-state index in [0.29, 0.717) is 12.2 Å². The summed E-state index contributed by atoms with van der Waals surface area (Å²) < 4.78 is 81.0. The summed E-state index contributed by atoms with van der Waals surface area (Å²) in [6, 6.07) is 14.6. The molecule has 0 aliphatic carbocycles. The minimum Gasteiger partial charge on any atom is -0.335 e. The molecule has 0 saturated carbocycles. The van der Waals surface area contributed by atoms with Crippen LogP contribution in [0.25, 0.3) is 26.7 Å². The Bertz CT molecular complexity index is 1770. The van der Waals surface area contributed by atoms with E-state index in [-0.39, 0.29) is 25.1 Å². The van der Waals surface area contributed by atoms with E-state index in [1.807, 2.05) is 45.2 Å². The summed E-state index contributed by atoms with van der Waals surface area (Å²) in [7, 11) is -8.27. The van der Waals surface area contributed by atoms with Gasteiger partial charge in [-0.05, 0) is 47.7 Å². The summed E-state index contributed by atoms with van der Waals surface area (Å²) in [6.45, 7) is 0.576. The van der Waals surface area contributed by atoms with Gasteiger partial charge in [-0.25, -0.2) is 4.39 Å². The summed E-state index contributed by atoms with van der Waals surface area (Å²) in [6.07, 6.45) is 2.27. The molecule has 39 heavy (non-hydrogen) atoms. The minimum absolute atomic E-state index is 0.137. The van der Waals surface area contributed by atoms with E-state index in [1.54, 1.807) is 17.4 Å². The highest BCUT2D eigenvalue weighted by Gasteiger charge is 2.29. The first-order chi connectivity index (χ1) is 18.5. The number of anilines is 1. The number of halogens is 1. The van der Waals surface area contributed by atoms with E-state index < -0.39 is 31.8 Å². The van der Waals surface area contributed by atoms with E-state index in [2.05, 4.69) is 6.07 Å². The molecule has 0 unspecified atom stereocenters. The number of aryl methyl sites for hydroxylation is 1. The molecule has 3 heterocycles. The van der Waals surface area contributed by atoms with E-state index in [4.69, 9.17) is 0 Å². The molecule has 2 aromatic carbocycles. The van der Waals surface area contributed by atoms with Crippen LogP contribution in [0.2, 0.25) is 0 Å². The first kappa shape index (κ1) is 28.2. The third-order valence-electron chi connectivity index (χ3n) is 6.04. The van der Waals surface area contributed by atoms with Crippen LogP contribution < -0.4 is 9.47 Å². The molecule has 0 spiro atoms. The van der Waals surface area contributed by atoms with E-state index in [0.717, 1.165) is 35.6 Å². The van der Waals surface area contributed by atoms with Gasteiger partial charge in [-0.1, -0.05) is 35.2 Å². The van der Waals surface area contributed by atoms with Crippen molar-refractivity contribution in [3.63, 3.8) is 0 Å². The Morgan fingerprint density at radius 1 is 0.974 bits per heavy atom. The molecule has 0 amide bonds. The number of thiazole rings is 1. The molecule has 1 aliphatic heterocycles. The van der Waals surface area contributed by atoms with Crippen molar-refractivity contribution in [3.8, 4) is 10.4 Å². The predicted octanol–water partition coefficient (Wildman–Crippen LogP) is 5.52. The van der Waals surface area contributed by atoms with Gasteiger partial charge in [-0.2, -0.15) is 21.4 Å². The Labute approximate surface area is 237 Å². The second kappa shape index (κ2) is 11.3. The van der Waals surface area contributed by atoms with Gasteiger partial charge in [-0.3, -0.25) is 9.11 Å². The monoisotopic (exact) mass is 627 g/mol. The molecule has 0 fully saturated rings. The fourth-order valence-electron chi connectivity index (χ4n) is 4.36. The van der Waals surface area contributed by atoms with Crippen molar-refractivity contribution in [2.75, 3.05) is 23.0 Å². The number of nitrogens with zero attached hydrogens (tertiary/aromatic N) is 2. The van der Waals surface area contributed by atoms with Crippen LogP contribution in [-0.2, 0) is 26.8 Å². The first-order valence-electron chi connectivity index (χ1n) is 11.8. The molecule has 4 aromatic rings. The Morgan fingerprint density at radius 3 is 2.46 bits per heavy atom. The smallest absolute Gasteiger partial charge is 0.265 e. The van der Waals surface area contributed by atoms with Crippen LogP contribution in [0.3, 0.4) is 0 Å². The zero-order valence-corrected chi connectivity index (χ0v) is 24.4. The lowest BCUT2D eigenvalue weighted by Crippen LogP contribution is -2.36. The van der Waals surface area contributed by atoms with Crippen LogP contribution in [-0.4, -0.2) is 44.0 Å². The second-order valence-electron chi connectivity index (χ2n) is 8.88. The molecular formula is C25H24FN2O6S5+. The summed E-state index contributed by atoms with van der Waals surface area (Å²) in [5.74, 6) is -1.21. The van der Waals surface area contributed by atoms with Crippen molar-refractivity contribution >= 4 is 76.7 Å². The van der Waals surface area contributed by atoms with Gasteiger partial charge >= 0.3 is 0 Å². The fourth-order valence-corrected chi connectivity index (χ4v) is 8.36. The van der Waals surface area contributed by atoms with E-state index in [9.17, 15) is 30.3 Å². The normalized spacial score (nSPS) is 14.9. The molecule has 5 rings (SSSR count). The Kier molecular flexibility index (Phi) is 8.15. The molecule has 0 radical (unpaired) electrons. The molecule has 2 aromatic heterocycles. The van der Waals surface area contributed by atoms with Crippen molar-refractivity contribution in [2.24, 2.45) is 0 Å². The average Bonchev–Trinajstić information content (AvgIpc) is 3.57. The van der Waals surface area contributed by atoms with Crippen molar-refractivity contribution in [2.45, 2.75) is 24.3 Å². The van der Waals surface area contributed by atoms with Gasteiger partial charge in [0.2, 0.25) is 5.52 Å². The zero-order valence-electron chi connectivity index (χ0n) is 20.4. The SMILES string of the molecule is O=S(=O)(O)CCCN1C(=Cc2sc3ccc(-c4cccs4)cc3[n+]2CCCS(=O)(=O)O)Sc2ccc(F)cc21. The predicted molar refractivity (Wildman–Crippen MR) is 155 cm³/mol. The number of thiophene rings is 1. The largest absolute Gasteiger partial charge is 0.335 e. The van der Waals surface area contributed by atoms with Gasteiger partial charge in [0.25, 0.3) is 25.2 Å². The van der Waals surface area contributed by atoms with E-state index >= 15 is 0 Å². The highest BCUT2D eigenvalue weighted by atomic mass is 32.2. The molecule has 8 nitrogen and oxygen atoms in total. The van der Waals surface area contributed by atoms with Crippen molar-refractivity contribution in [3.05, 3.63) is 69.8 Å². The molecule has 0 atom stereocenters. The Balaban J connectivity index is 1.56. The van der Waals surface area contributed by atoms with Crippen molar-refractivity contribution in [1.82, 2.24) is 0 Å². The maximum atomic E-state index is 14.1. The molecule has 0 saturated heterocycles. The summed E-state index contributed by atoms with van der Waals surface area (Å²) in [5.41, 5.74) is 2.56. The van der Waals surface area contributed by atoms with Crippen LogP contribution in [0.4, 0.5) is 10.1 Å². The van der Waals surface area contributed by atoms with Gasteiger partial charge in [-0.15, -0.1) is 11.3 Å². The summed E-state index contributed by atoms with van der Waals surface area (Å²) >= 11 is 4.55. The third kappa shape index (κ3) is 6.88. The lowest BCUT2D eigenvalue weighted by Gasteiger charge is -2.19. The number of benzene rings is 2. The molecular weight excluding hydrogens is 604 g/mol. The van der Waals surface area contributed by atoms with Crippen LogP contribution in [0.1, 0.15) is 17.8 Å². The maximum Gasteiger partial charge on any atom is 0.265 e. The number of thioether (sulfide) groups is 1. The maximum absolute atomic E-state index is 14.1. The average molecular weight is 628 g/mol. The number of hydrogen-bond acceptors (Lipinski definition) is 8. The molecule has 2 N–H and O–H groups in total. The van der Waals surface area contributed by atoms with Crippen LogP contribution in [0, 0.1) is 5.82 Å². The molecule has 206 valence electrons. The van der Waals surface area contributed by atoms with Crippen LogP contribution in [0.5, 0.6) is 0 Å². The summed E-state index contributed by atoms with van der Waals surface area (Å²) in [4.78, 5) is 3.74. The topological polar surface area (TPSA) is 116 Å². The highest BCUT2D eigenvalue weighted by Crippen LogP contribution is 2.47. The minimum atomic E-state index is -4.14. The standard InChI is InChI=1S/C25H23FN2O6S5/c26-18-6-8-23-20(15-18)28(10-3-13-39(32,33)34)25(37-23)16-24-27(9-2-12-38(29,30)31)19-14-17(5-7-22(19)36-24)21-4-1-11-35-21/h1,4-8,11,14-16H,2-3,9-10,12-13H2,(H-,29,30,31,32,33,34)/p+1. The highest BCUT2D eigenvalue weighted by molar-refractivity contribution is 8.04. The van der Waals surface area contributed by atoms with Gasteiger partial charge in [0.05, 0.1) is 28.3 Å². The fraction of sp³-hybridized carbons (Fsp3) is 0.240. The van der Waals surface area contributed by atoms with Gasteiger partial charge < -0.3 is 4.90 Å². The first-order valence-corrected chi connectivity index (χ1v) is 17.6. The Morgan fingerprint density at radius 2 is 1.74 bits per heavy atom. The van der Waals surface area contributed by atoms with Gasteiger partial charge in [0, 0.05) is 28.8 Å². The van der Waals surface area contributed by atoms with Crippen LogP contribution >= 0.6 is 34.4 Å². The molecule has 1 aliphatic rings. The lowest BCUT2D eigenvalue weighted by molar-refractivity contribution is -0.668. The van der Waals surface area contributed by atoms with E-state index in [1.165, 1.54) is 35.2 Å². The van der Waals surface area contributed by atoms with Gasteiger partial charge in [0.15, 0.2) is 6.54 Å². The van der Waals surface area contributed by atoms with Crippen molar-refractivity contribution in [1.29, 1.82) is 0 Å². The molecule has 0 bridgehead atoms. The number of hydrogen-bond donors (Lipinski definition) is 2. The third-order valence-corrected chi connectivity index (χ3v) is 10.8. The Hall–Kier alpha value is -2.33. The molecule has 14 heteroatoms. The van der Waals surface area contributed by atoms with Gasteiger partial charge in [0.1, 0.15) is 10.5 Å². The lowest BCUT2D eigenvalue weighted by atomic mass is 10.2. The summed E-state index contributed by atoms with van der Waals surface area (Å²) in [5, 5.41) is 3.57. The second-order valence-corrected chi connectivity index (χ2v) is 15.1. The number of fused-ring (bicyclic) bond motifs is 2. The quantitative estimate of drug-likeness (QED) is 0.174. The van der Waals surface area contributed by atoms with Crippen LogP contribution in [0.15, 0.2) is 63.8 Å². The zero-order chi connectivity index (χ0) is 27.8. The van der Waals surface area contributed by atoms with Crippen molar-refractivity contribution < 1.29 is 34.9 Å². The number of rotatable bonds is 10. The number of aromatic nitrogens is 1.